The van der Waals surface area contributed by atoms with Gasteiger partial charge in [-0.25, -0.2) is 13.2 Å². The second kappa shape index (κ2) is 15.2. The molecule has 234 valence electrons. The van der Waals surface area contributed by atoms with Crippen LogP contribution < -0.4 is 14.6 Å². The van der Waals surface area contributed by atoms with Crippen LogP contribution in [0.3, 0.4) is 0 Å². The molecule has 1 N–H and O–H groups in total. The quantitative estimate of drug-likeness (QED) is 0.0520. The molecule has 0 atom stereocenters. The van der Waals surface area contributed by atoms with Gasteiger partial charge in [0.25, 0.3) is 5.91 Å². The molecule has 4 rings (SSSR count). The van der Waals surface area contributed by atoms with Crippen molar-refractivity contribution >= 4 is 43.8 Å². The number of ether oxygens (including phenoxy) is 3. The summed E-state index contributed by atoms with van der Waals surface area (Å²) in [6.45, 7) is 8.28. The number of para-hydroxylation sites is 2. The number of aryl methyl sites for hydroxylation is 3. The van der Waals surface area contributed by atoms with Gasteiger partial charge in [-0.1, -0.05) is 31.2 Å². The zero-order valence-electron chi connectivity index (χ0n) is 25.3. The van der Waals surface area contributed by atoms with Crippen molar-refractivity contribution in [3.8, 4) is 5.75 Å². The van der Waals surface area contributed by atoms with Crippen LogP contribution in [-0.4, -0.2) is 63.6 Å². The first-order valence-electron chi connectivity index (χ1n) is 14.6. The summed E-state index contributed by atoms with van der Waals surface area (Å²) < 4.78 is 52.5. The molecule has 0 bridgehead atoms. The summed E-state index contributed by atoms with van der Waals surface area (Å²) in [6.07, 6.45) is 1.09. The van der Waals surface area contributed by atoms with Gasteiger partial charge >= 0.3 is 5.97 Å². The molecule has 0 unspecified atom stereocenters. The number of nitrogens with one attached hydrogen (secondary N) is 1. The number of esters is 1. The maximum Gasteiger partial charge on any atom is 0.345 e. The minimum atomic E-state index is -4.36. The fourth-order valence-corrected chi connectivity index (χ4v) is 5.65. The van der Waals surface area contributed by atoms with E-state index in [-0.39, 0.29) is 18.9 Å². The maximum absolute atomic E-state index is 13.9. The van der Waals surface area contributed by atoms with Crippen LogP contribution in [0.15, 0.2) is 60.7 Å². The number of hydrogen-bond donors (Lipinski definition) is 1. The second-order valence-corrected chi connectivity index (χ2v) is 12.0. The van der Waals surface area contributed by atoms with Crippen molar-refractivity contribution in [2.24, 2.45) is 0 Å². The summed E-state index contributed by atoms with van der Waals surface area (Å²) >= 11 is 0. The normalized spacial score (nSPS) is 11.6. The fraction of sp³-hybridized carbons (Fsp3) is 0.364. The predicted octanol–water partition coefficient (Wildman–Crippen LogP) is 4.22. The van der Waals surface area contributed by atoms with E-state index in [1.807, 2.05) is 60.0 Å². The molecule has 44 heavy (non-hydrogen) atoms. The van der Waals surface area contributed by atoms with E-state index in [1.165, 1.54) is 0 Å². The van der Waals surface area contributed by atoms with E-state index in [4.69, 9.17) is 14.2 Å². The van der Waals surface area contributed by atoms with Gasteiger partial charge < -0.3 is 24.1 Å². The van der Waals surface area contributed by atoms with Crippen molar-refractivity contribution in [2.75, 3.05) is 38.7 Å². The van der Waals surface area contributed by atoms with Gasteiger partial charge in [0.2, 0.25) is 11.0 Å². The van der Waals surface area contributed by atoms with Crippen LogP contribution in [0.1, 0.15) is 51.6 Å². The topological polar surface area (TPSA) is 135 Å². The summed E-state index contributed by atoms with van der Waals surface area (Å²) in [5, 5.41) is 4.11. The molecule has 0 aliphatic rings. The Morgan fingerprint density at radius 2 is 1.43 bits per heavy atom. The Kier molecular flexibility index (Phi) is 11.4. The van der Waals surface area contributed by atoms with Gasteiger partial charge in [0.15, 0.2) is 6.54 Å². The van der Waals surface area contributed by atoms with Crippen LogP contribution in [0.5, 0.6) is 5.75 Å². The Morgan fingerprint density at radius 3 is 2.00 bits per heavy atom. The van der Waals surface area contributed by atoms with Crippen LogP contribution in [0, 0.1) is 13.8 Å². The van der Waals surface area contributed by atoms with Gasteiger partial charge in [-0.15, -0.1) is 0 Å². The SMILES string of the molecule is CCCOCCOCCNC(=O)c1cc(C)c(OC(=O)c2c3ccccc3[n+](CCCS(=O)(=O)[O-])c3ccccc23)c(C)c1. The predicted molar refractivity (Wildman–Crippen MR) is 166 cm³/mol. The Hall–Kier alpha value is -3.90. The number of hydrogen-bond acceptors (Lipinski definition) is 8. The van der Waals surface area contributed by atoms with E-state index in [0.29, 0.717) is 82.8 Å². The van der Waals surface area contributed by atoms with Crippen LogP contribution in [0.25, 0.3) is 21.8 Å². The van der Waals surface area contributed by atoms with Gasteiger partial charge in [0.05, 0.1) is 46.3 Å². The van der Waals surface area contributed by atoms with Crippen molar-refractivity contribution < 1.29 is 41.3 Å². The molecule has 0 aliphatic heterocycles. The minimum absolute atomic E-state index is 0.133. The number of benzene rings is 3. The highest BCUT2D eigenvalue weighted by molar-refractivity contribution is 7.85. The lowest BCUT2D eigenvalue weighted by Crippen LogP contribution is -2.37. The smallest absolute Gasteiger partial charge is 0.345 e. The number of pyridine rings is 1. The van der Waals surface area contributed by atoms with E-state index in [9.17, 15) is 22.6 Å². The van der Waals surface area contributed by atoms with E-state index in [1.54, 1.807) is 26.0 Å². The Morgan fingerprint density at radius 1 is 0.864 bits per heavy atom. The highest BCUT2D eigenvalue weighted by Crippen LogP contribution is 2.30. The van der Waals surface area contributed by atoms with Crippen molar-refractivity contribution in [2.45, 2.75) is 40.2 Å². The van der Waals surface area contributed by atoms with E-state index < -0.39 is 21.8 Å². The largest absolute Gasteiger partial charge is 0.748 e. The molecule has 0 saturated heterocycles. The van der Waals surface area contributed by atoms with Gasteiger partial charge in [0, 0.05) is 43.0 Å². The van der Waals surface area contributed by atoms with Crippen LogP contribution in [0.4, 0.5) is 0 Å². The molecule has 4 aromatic rings. The highest BCUT2D eigenvalue weighted by atomic mass is 32.2. The molecule has 1 aromatic heterocycles. The summed E-state index contributed by atoms with van der Waals surface area (Å²) in [7, 11) is -4.36. The summed E-state index contributed by atoms with van der Waals surface area (Å²) in [5.74, 6) is -0.932. The van der Waals surface area contributed by atoms with E-state index in [0.717, 1.165) is 6.42 Å². The van der Waals surface area contributed by atoms with Crippen molar-refractivity contribution in [3.05, 3.63) is 82.9 Å². The molecule has 0 radical (unpaired) electrons. The molecule has 0 aliphatic carbocycles. The van der Waals surface area contributed by atoms with Gasteiger partial charge in [-0.05, 0) is 55.7 Å². The lowest BCUT2D eigenvalue weighted by atomic mass is 10.0. The second-order valence-electron chi connectivity index (χ2n) is 10.5. The summed E-state index contributed by atoms with van der Waals surface area (Å²) in [6, 6.07) is 18.0. The Labute approximate surface area is 257 Å². The monoisotopic (exact) mass is 622 g/mol. The molecular weight excluding hydrogens is 584 g/mol. The number of amides is 1. The number of carbonyl (C=O) groups excluding carboxylic acids is 2. The molecule has 1 amide bonds. The molecule has 11 heteroatoms. The minimum Gasteiger partial charge on any atom is -0.748 e. The third-order valence-electron chi connectivity index (χ3n) is 7.08. The van der Waals surface area contributed by atoms with Crippen LogP contribution in [-0.2, 0) is 26.1 Å². The first-order chi connectivity index (χ1) is 21.1. The molecule has 3 aromatic carbocycles. The standard InChI is InChI=1S/C33H38N2O8S/c1-4-16-41-18-19-42-17-14-34-32(36)25-21-23(2)31(24(3)22-25)43-33(37)30-26-10-5-7-12-28(26)35(15-9-20-44(38,39)40)29-13-8-6-11-27(29)30/h5-8,10-13,21-22H,4,9,14-20H2,1-3H3,(H-,34,36,38,39,40). The number of aromatic nitrogens is 1. The Bertz CT molecular complexity index is 1670. The number of rotatable bonds is 15. The van der Waals surface area contributed by atoms with Crippen LogP contribution in [0.2, 0.25) is 0 Å². The summed E-state index contributed by atoms with van der Waals surface area (Å²) in [4.78, 5) is 26.6. The third-order valence-corrected chi connectivity index (χ3v) is 7.87. The molecule has 0 saturated carbocycles. The summed E-state index contributed by atoms with van der Waals surface area (Å²) in [5.41, 5.74) is 3.49. The molecule has 0 spiro atoms. The number of fused-ring (bicyclic) bond motifs is 2. The molecule has 0 fully saturated rings. The zero-order valence-corrected chi connectivity index (χ0v) is 26.1. The van der Waals surface area contributed by atoms with Crippen LogP contribution >= 0.6 is 0 Å². The highest BCUT2D eigenvalue weighted by Gasteiger charge is 2.26. The fourth-order valence-electron chi connectivity index (χ4n) is 5.17. The Balaban J connectivity index is 1.54. The van der Waals surface area contributed by atoms with Gasteiger partial charge in [-0.3, -0.25) is 4.79 Å². The molecule has 10 nitrogen and oxygen atoms in total. The lowest BCUT2D eigenvalue weighted by Gasteiger charge is -2.15. The first-order valence-corrected chi connectivity index (χ1v) is 16.2. The average Bonchev–Trinajstić information content (AvgIpc) is 2.99. The third kappa shape index (κ3) is 8.38. The molecular formula is C33H38N2O8S. The number of nitrogens with zero attached hydrogens (tertiary/aromatic N) is 1. The van der Waals surface area contributed by atoms with Gasteiger partial charge in [-0.2, -0.15) is 4.57 Å². The van der Waals surface area contributed by atoms with Gasteiger partial charge in [0.1, 0.15) is 5.75 Å². The maximum atomic E-state index is 13.9. The van der Waals surface area contributed by atoms with Crippen molar-refractivity contribution in [1.29, 1.82) is 0 Å². The number of carbonyl (C=O) groups is 2. The van der Waals surface area contributed by atoms with E-state index >= 15 is 0 Å². The lowest BCUT2D eigenvalue weighted by molar-refractivity contribution is -0.645. The molecule has 1 heterocycles. The van der Waals surface area contributed by atoms with E-state index in [2.05, 4.69) is 5.32 Å². The first kappa shape index (κ1) is 33.0. The average molecular weight is 623 g/mol. The van der Waals surface area contributed by atoms with Crippen molar-refractivity contribution in [1.82, 2.24) is 5.32 Å². The van der Waals surface area contributed by atoms with Crippen molar-refractivity contribution in [3.63, 3.8) is 0 Å². The zero-order chi connectivity index (χ0) is 31.7.